The van der Waals surface area contributed by atoms with Crippen LogP contribution in [0.25, 0.3) is 0 Å². The van der Waals surface area contributed by atoms with E-state index in [1.54, 1.807) is 0 Å². The van der Waals surface area contributed by atoms with Crippen molar-refractivity contribution in [3.05, 3.63) is 0 Å². The van der Waals surface area contributed by atoms with E-state index in [4.69, 9.17) is 0 Å². The highest BCUT2D eigenvalue weighted by atomic mass is 15.2. The molecule has 1 unspecified atom stereocenters. The molecule has 0 aromatic heterocycles. The number of hydrogen-bond donors (Lipinski definition) is 1. The fourth-order valence-corrected chi connectivity index (χ4v) is 4.21. The number of nitrogens with zero attached hydrogens (tertiary/aromatic N) is 1. The van der Waals surface area contributed by atoms with Crippen molar-refractivity contribution >= 4 is 0 Å². The molecule has 2 aliphatic rings. The van der Waals surface area contributed by atoms with Crippen molar-refractivity contribution in [2.24, 2.45) is 11.3 Å². The second-order valence-corrected chi connectivity index (χ2v) is 8.96. The van der Waals surface area contributed by atoms with E-state index >= 15 is 0 Å². The molecule has 0 aromatic carbocycles. The zero-order valence-corrected chi connectivity index (χ0v) is 15.2. The number of hydrogen-bond acceptors (Lipinski definition) is 2. The highest BCUT2D eigenvalue weighted by Gasteiger charge is 2.38. The fourth-order valence-electron chi connectivity index (χ4n) is 4.21. The van der Waals surface area contributed by atoms with Crippen molar-refractivity contribution in [2.45, 2.75) is 91.1 Å². The molecule has 2 nitrogen and oxygen atoms in total. The Labute approximate surface area is 133 Å². The van der Waals surface area contributed by atoms with Gasteiger partial charge in [-0.2, -0.15) is 0 Å². The van der Waals surface area contributed by atoms with Gasteiger partial charge < -0.3 is 5.32 Å². The Morgan fingerprint density at radius 1 is 1.14 bits per heavy atom. The number of likely N-dealkylation sites (tertiary alicyclic amines) is 1. The van der Waals surface area contributed by atoms with Gasteiger partial charge >= 0.3 is 0 Å². The molecule has 1 atom stereocenters. The lowest BCUT2D eigenvalue weighted by atomic mass is 9.70. The number of rotatable bonds is 5. The molecule has 2 rings (SSSR count). The third-order valence-electron chi connectivity index (χ3n) is 5.84. The van der Waals surface area contributed by atoms with E-state index in [9.17, 15) is 0 Å². The molecule has 21 heavy (non-hydrogen) atoms. The smallest absolute Gasteiger partial charge is 0.00967 e. The summed E-state index contributed by atoms with van der Waals surface area (Å²) in [5.41, 5.74) is 0.767. The first-order chi connectivity index (χ1) is 9.84. The van der Waals surface area contributed by atoms with Gasteiger partial charge in [-0.25, -0.2) is 0 Å². The predicted octanol–water partition coefficient (Wildman–Crippen LogP) is 4.45. The van der Waals surface area contributed by atoms with E-state index in [0.717, 1.165) is 12.0 Å². The first-order valence-corrected chi connectivity index (χ1v) is 9.33. The van der Waals surface area contributed by atoms with Crippen molar-refractivity contribution < 1.29 is 0 Å². The molecule has 0 aromatic rings. The minimum absolute atomic E-state index is 0.241. The minimum Gasteiger partial charge on any atom is -0.311 e. The van der Waals surface area contributed by atoms with Crippen LogP contribution in [-0.2, 0) is 0 Å². The standard InChI is InChI=1S/C19H38N2/c1-6-17-8-7-13-21(17)15-19(14-20-18(3,4)5)11-9-16(2)10-12-19/h16-17,20H,6-15H2,1-5H3. The second-order valence-electron chi connectivity index (χ2n) is 8.96. The summed E-state index contributed by atoms with van der Waals surface area (Å²) in [6, 6.07) is 0.857. The second kappa shape index (κ2) is 7.00. The predicted molar refractivity (Wildman–Crippen MR) is 92.7 cm³/mol. The van der Waals surface area contributed by atoms with Crippen LogP contribution in [0.15, 0.2) is 0 Å². The molecule has 1 aliphatic heterocycles. The van der Waals surface area contributed by atoms with Gasteiger partial charge in [0.05, 0.1) is 0 Å². The zero-order chi connectivity index (χ0) is 15.5. The summed E-state index contributed by atoms with van der Waals surface area (Å²) < 4.78 is 0. The molecular weight excluding hydrogens is 256 g/mol. The van der Waals surface area contributed by atoms with E-state index in [2.05, 4.69) is 44.8 Å². The first kappa shape index (κ1) is 17.3. The van der Waals surface area contributed by atoms with Crippen LogP contribution in [-0.4, -0.2) is 36.1 Å². The molecular formula is C19H38N2. The van der Waals surface area contributed by atoms with E-state index in [0.29, 0.717) is 5.41 Å². The van der Waals surface area contributed by atoms with Crippen molar-refractivity contribution in [2.75, 3.05) is 19.6 Å². The first-order valence-electron chi connectivity index (χ1n) is 9.33. The monoisotopic (exact) mass is 294 g/mol. The third-order valence-corrected chi connectivity index (χ3v) is 5.84. The summed E-state index contributed by atoms with van der Waals surface area (Å²) in [5, 5.41) is 3.83. The van der Waals surface area contributed by atoms with Gasteiger partial charge in [0.1, 0.15) is 0 Å². The van der Waals surface area contributed by atoms with Gasteiger partial charge in [0.2, 0.25) is 0 Å². The lowest BCUT2D eigenvalue weighted by molar-refractivity contribution is 0.0730. The van der Waals surface area contributed by atoms with Gasteiger partial charge in [0.25, 0.3) is 0 Å². The van der Waals surface area contributed by atoms with Crippen molar-refractivity contribution in [3.63, 3.8) is 0 Å². The Morgan fingerprint density at radius 3 is 2.38 bits per heavy atom. The van der Waals surface area contributed by atoms with Crippen molar-refractivity contribution in [3.8, 4) is 0 Å². The highest BCUT2D eigenvalue weighted by molar-refractivity contribution is 4.93. The maximum atomic E-state index is 3.83. The fraction of sp³-hybridized carbons (Fsp3) is 1.00. The van der Waals surface area contributed by atoms with Gasteiger partial charge in [-0.1, -0.05) is 26.7 Å². The maximum Gasteiger partial charge on any atom is 0.00967 e. The molecule has 0 amide bonds. The Kier molecular flexibility index (Phi) is 5.76. The van der Waals surface area contributed by atoms with Crippen molar-refractivity contribution in [1.82, 2.24) is 10.2 Å². The largest absolute Gasteiger partial charge is 0.311 e. The van der Waals surface area contributed by atoms with Crippen molar-refractivity contribution in [1.29, 1.82) is 0 Å². The summed E-state index contributed by atoms with van der Waals surface area (Å²) in [5.74, 6) is 0.938. The van der Waals surface area contributed by atoms with Crippen LogP contribution in [0.4, 0.5) is 0 Å². The van der Waals surface area contributed by atoms with Gasteiger partial charge in [0, 0.05) is 24.7 Å². The normalized spacial score (nSPS) is 35.3. The van der Waals surface area contributed by atoms with Gasteiger partial charge in [-0.05, 0) is 70.8 Å². The van der Waals surface area contributed by atoms with E-state index in [-0.39, 0.29) is 5.54 Å². The maximum absolute atomic E-state index is 3.83. The van der Waals surface area contributed by atoms with Crippen LogP contribution in [0.2, 0.25) is 0 Å². The summed E-state index contributed by atoms with van der Waals surface area (Å²) in [6.07, 6.45) is 9.87. The molecule has 1 N–H and O–H groups in total. The summed E-state index contributed by atoms with van der Waals surface area (Å²) in [7, 11) is 0. The van der Waals surface area contributed by atoms with Crippen LogP contribution in [0, 0.1) is 11.3 Å². The zero-order valence-electron chi connectivity index (χ0n) is 15.2. The molecule has 2 fully saturated rings. The van der Waals surface area contributed by atoms with E-state index in [1.165, 1.54) is 64.6 Å². The van der Waals surface area contributed by atoms with E-state index < -0.39 is 0 Å². The Hall–Kier alpha value is -0.0800. The number of nitrogens with one attached hydrogen (secondary N) is 1. The molecule has 124 valence electrons. The summed E-state index contributed by atoms with van der Waals surface area (Å²) >= 11 is 0. The van der Waals surface area contributed by atoms with Gasteiger partial charge in [-0.15, -0.1) is 0 Å². The molecule has 1 aliphatic carbocycles. The molecule has 0 bridgehead atoms. The molecule has 1 saturated heterocycles. The highest BCUT2D eigenvalue weighted by Crippen LogP contribution is 2.40. The lowest BCUT2D eigenvalue weighted by Crippen LogP contribution is -2.51. The minimum atomic E-state index is 0.241. The Bertz CT molecular complexity index is 310. The topological polar surface area (TPSA) is 15.3 Å². The van der Waals surface area contributed by atoms with Crippen LogP contribution in [0.1, 0.15) is 79.6 Å². The van der Waals surface area contributed by atoms with Crippen LogP contribution in [0.3, 0.4) is 0 Å². The Morgan fingerprint density at radius 2 is 1.81 bits per heavy atom. The lowest BCUT2D eigenvalue weighted by Gasteiger charge is -2.44. The SMILES string of the molecule is CCC1CCCN1CC1(CNC(C)(C)C)CCC(C)CC1. The molecule has 0 spiro atoms. The molecule has 1 saturated carbocycles. The molecule has 2 heteroatoms. The average Bonchev–Trinajstić information content (AvgIpc) is 2.86. The Balaban J connectivity index is 2.01. The van der Waals surface area contributed by atoms with Gasteiger partial charge in [0.15, 0.2) is 0 Å². The van der Waals surface area contributed by atoms with Crippen LogP contribution in [0.5, 0.6) is 0 Å². The third kappa shape index (κ3) is 4.96. The molecule has 1 heterocycles. The quantitative estimate of drug-likeness (QED) is 0.806. The van der Waals surface area contributed by atoms with Crippen LogP contribution >= 0.6 is 0 Å². The van der Waals surface area contributed by atoms with Gasteiger partial charge in [-0.3, -0.25) is 4.90 Å². The summed E-state index contributed by atoms with van der Waals surface area (Å²) in [6.45, 7) is 15.6. The van der Waals surface area contributed by atoms with Crippen LogP contribution < -0.4 is 5.32 Å². The summed E-state index contributed by atoms with van der Waals surface area (Å²) in [4.78, 5) is 2.82. The molecule has 0 radical (unpaired) electrons. The average molecular weight is 295 g/mol. The van der Waals surface area contributed by atoms with E-state index in [1.807, 2.05) is 0 Å².